The molecule has 1 saturated heterocycles. The third-order valence-corrected chi connectivity index (χ3v) is 4.47. The highest BCUT2D eigenvalue weighted by Crippen LogP contribution is 2.29. The van der Waals surface area contributed by atoms with E-state index >= 15 is 0 Å². The highest BCUT2D eigenvalue weighted by atomic mass is 16.5. The van der Waals surface area contributed by atoms with Crippen LogP contribution in [-0.2, 0) is 0 Å². The summed E-state index contributed by atoms with van der Waals surface area (Å²) < 4.78 is 10.7. The first kappa shape index (κ1) is 16.1. The van der Waals surface area contributed by atoms with Crippen LogP contribution < -0.4 is 14.8 Å². The van der Waals surface area contributed by atoms with Gasteiger partial charge in [-0.25, -0.2) is 0 Å². The summed E-state index contributed by atoms with van der Waals surface area (Å²) in [5, 5.41) is 3.65. The minimum atomic E-state index is 0.269. The van der Waals surface area contributed by atoms with Gasteiger partial charge in [-0.05, 0) is 38.9 Å². The van der Waals surface area contributed by atoms with Crippen LogP contribution >= 0.6 is 0 Å². The fourth-order valence-electron chi connectivity index (χ4n) is 3.14. The molecule has 1 fully saturated rings. The number of hydrogen-bond donors (Lipinski definition) is 1. The third-order valence-electron chi connectivity index (χ3n) is 4.47. The summed E-state index contributed by atoms with van der Waals surface area (Å²) >= 11 is 0. The predicted octanol–water partition coefficient (Wildman–Crippen LogP) is 2.84. The maximum Gasteiger partial charge on any atom is 0.127 e. The Morgan fingerprint density at radius 2 is 2.14 bits per heavy atom. The summed E-state index contributed by atoms with van der Waals surface area (Å²) in [5.41, 5.74) is 1.18. The van der Waals surface area contributed by atoms with Gasteiger partial charge in [0.05, 0.1) is 14.2 Å². The number of benzene rings is 1. The highest BCUT2D eigenvalue weighted by Gasteiger charge is 2.23. The Hall–Kier alpha value is -1.26. The number of rotatable bonds is 7. The molecule has 0 aromatic heterocycles. The second-order valence-corrected chi connectivity index (χ2v) is 5.66. The maximum atomic E-state index is 5.49. The van der Waals surface area contributed by atoms with Crippen molar-refractivity contribution in [3.63, 3.8) is 0 Å². The van der Waals surface area contributed by atoms with Crippen molar-refractivity contribution in [3.8, 4) is 11.5 Å². The van der Waals surface area contributed by atoms with E-state index in [1.807, 2.05) is 12.1 Å². The minimum absolute atomic E-state index is 0.269. The maximum absolute atomic E-state index is 5.49. The van der Waals surface area contributed by atoms with Gasteiger partial charge in [-0.3, -0.25) is 4.90 Å². The van der Waals surface area contributed by atoms with Crippen LogP contribution in [0.3, 0.4) is 0 Å². The molecule has 0 spiro atoms. The lowest BCUT2D eigenvalue weighted by molar-refractivity contribution is 0.254. The van der Waals surface area contributed by atoms with E-state index < -0.39 is 0 Å². The first-order chi connectivity index (χ1) is 10.2. The predicted molar refractivity (Wildman–Crippen MR) is 86.2 cm³/mol. The number of nitrogens with one attached hydrogen (secondary N) is 1. The Labute approximate surface area is 128 Å². The standard InChI is InChI=1S/C17H28N2O2/c1-5-19-10-6-7-14(19)12-18-13(2)16-9-8-15(20-3)11-17(16)21-4/h8-9,11,13-14,18H,5-7,10,12H2,1-4H3. The van der Waals surface area contributed by atoms with Gasteiger partial charge < -0.3 is 14.8 Å². The number of ether oxygens (including phenoxy) is 2. The molecule has 1 aliphatic heterocycles. The molecule has 21 heavy (non-hydrogen) atoms. The van der Waals surface area contributed by atoms with E-state index in [1.165, 1.54) is 24.9 Å². The summed E-state index contributed by atoms with van der Waals surface area (Å²) in [6.45, 7) is 7.85. The van der Waals surface area contributed by atoms with Gasteiger partial charge in [0.1, 0.15) is 11.5 Å². The van der Waals surface area contributed by atoms with Crippen molar-refractivity contribution in [1.29, 1.82) is 0 Å². The Balaban J connectivity index is 1.98. The summed E-state index contributed by atoms with van der Waals surface area (Å²) in [5.74, 6) is 1.71. The normalized spacial score (nSPS) is 20.5. The van der Waals surface area contributed by atoms with Crippen LogP contribution in [0.15, 0.2) is 18.2 Å². The van der Waals surface area contributed by atoms with Gasteiger partial charge >= 0.3 is 0 Å². The first-order valence-corrected chi connectivity index (χ1v) is 7.89. The van der Waals surface area contributed by atoms with Gasteiger partial charge in [0.2, 0.25) is 0 Å². The Morgan fingerprint density at radius 3 is 2.81 bits per heavy atom. The van der Waals surface area contributed by atoms with E-state index in [0.717, 1.165) is 24.6 Å². The second-order valence-electron chi connectivity index (χ2n) is 5.66. The van der Waals surface area contributed by atoms with Gasteiger partial charge in [0.15, 0.2) is 0 Å². The lowest BCUT2D eigenvalue weighted by Crippen LogP contribution is -2.38. The van der Waals surface area contributed by atoms with Crippen LogP contribution in [0.1, 0.15) is 38.3 Å². The van der Waals surface area contributed by atoms with Crippen LogP contribution in [0.2, 0.25) is 0 Å². The van der Waals surface area contributed by atoms with Crippen molar-refractivity contribution in [2.45, 2.75) is 38.8 Å². The van der Waals surface area contributed by atoms with Crippen LogP contribution in [0, 0.1) is 0 Å². The van der Waals surface area contributed by atoms with E-state index in [0.29, 0.717) is 6.04 Å². The molecule has 2 atom stereocenters. The number of likely N-dealkylation sites (tertiary alicyclic amines) is 1. The molecule has 0 amide bonds. The molecule has 1 aromatic rings. The lowest BCUT2D eigenvalue weighted by Gasteiger charge is -2.25. The van der Waals surface area contributed by atoms with Crippen LogP contribution in [0.4, 0.5) is 0 Å². The van der Waals surface area contributed by atoms with Gasteiger partial charge in [-0.2, -0.15) is 0 Å². The van der Waals surface area contributed by atoms with Gasteiger partial charge in [0.25, 0.3) is 0 Å². The molecule has 1 N–H and O–H groups in total. The number of nitrogens with zero attached hydrogens (tertiary/aromatic N) is 1. The highest BCUT2D eigenvalue weighted by molar-refractivity contribution is 5.42. The summed E-state index contributed by atoms with van der Waals surface area (Å²) in [6.07, 6.45) is 2.62. The SMILES string of the molecule is CCN1CCCC1CNC(C)c1ccc(OC)cc1OC. The van der Waals surface area contributed by atoms with Crippen molar-refractivity contribution in [2.75, 3.05) is 33.9 Å². The van der Waals surface area contributed by atoms with Gasteiger partial charge in [0, 0.05) is 30.3 Å². The molecule has 0 aliphatic carbocycles. The molecule has 118 valence electrons. The molecule has 1 heterocycles. The number of methoxy groups -OCH3 is 2. The zero-order chi connectivity index (χ0) is 15.2. The van der Waals surface area contributed by atoms with Crippen LogP contribution in [0.25, 0.3) is 0 Å². The van der Waals surface area contributed by atoms with Crippen LogP contribution in [-0.4, -0.2) is 44.8 Å². The van der Waals surface area contributed by atoms with E-state index in [1.54, 1.807) is 14.2 Å². The minimum Gasteiger partial charge on any atom is -0.497 e. The summed E-state index contributed by atoms with van der Waals surface area (Å²) in [7, 11) is 3.39. The van der Waals surface area contributed by atoms with Crippen molar-refractivity contribution < 1.29 is 9.47 Å². The topological polar surface area (TPSA) is 33.7 Å². The molecule has 4 heteroatoms. The van der Waals surface area contributed by atoms with E-state index in [4.69, 9.17) is 9.47 Å². The quantitative estimate of drug-likeness (QED) is 0.838. The number of likely N-dealkylation sites (N-methyl/N-ethyl adjacent to an activating group) is 1. The molecule has 2 rings (SSSR count). The van der Waals surface area contributed by atoms with Crippen molar-refractivity contribution in [1.82, 2.24) is 10.2 Å². The third kappa shape index (κ3) is 3.89. The molecular formula is C17H28N2O2. The molecule has 2 unspecified atom stereocenters. The van der Waals surface area contributed by atoms with E-state index in [-0.39, 0.29) is 6.04 Å². The van der Waals surface area contributed by atoms with Gasteiger partial charge in [-0.1, -0.05) is 13.0 Å². The van der Waals surface area contributed by atoms with Crippen molar-refractivity contribution in [2.24, 2.45) is 0 Å². The molecular weight excluding hydrogens is 264 g/mol. The van der Waals surface area contributed by atoms with Crippen molar-refractivity contribution in [3.05, 3.63) is 23.8 Å². The Kier molecular flexibility index (Phi) is 5.88. The molecule has 0 radical (unpaired) electrons. The number of hydrogen-bond acceptors (Lipinski definition) is 4. The zero-order valence-electron chi connectivity index (χ0n) is 13.7. The van der Waals surface area contributed by atoms with Gasteiger partial charge in [-0.15, -0.1) is 0 Å². The zero-order valence-corrected chi connectivity index (χ0v) is 13.7. The molecule has 0 bridgehead atoms. The fraction of sp³-hybridized carbons (Fsp3) is 0.647. The first-order valence-electron chi connectivity index (χ1n) is 7.89. The molecule has 1 aliphatic rings. The van der Waals surface area contributed by atoms with E-state index in [2.05, 4.69) is 30.1 Å². The smallest absolute Gasteiger partial charge is 0.127 e. The van der Waals surface area contributed by atoms with Crippen molar-refractivity contribution >= 4 is 0 Å². The summed E-state index contributed by atoms with van der Waals surface area (Å²) in [6, 6.07) is 6.96. The monoisotopic (exact) mass is 292 g/mol. The average molecular weight is 292 g/mol. The second kappa shape index (κ2) is 7.66. The Morgan fingerprint density at radius 1 is 1.33 bits per heavy atom. The average Bonchev–Trinajstić information content (AvgIpc) is 2.99. The fourth-order valence-corrected chi connectivity index (χ4v) is 3.14. The molecule has 4 nitrogen and oxygen atoms in total. The largest absolute Gasteiger partial charge is 0.497 e. The Bertz CT molecular complexity index is 450. The molecule has 1 aromatic carbocycles. The lowest BCUT2D eigenvalue weighted by atomic mass is 10.1. The van der Waals surface area contributed by atoms with Crippen LogP contribution in [0.5, 0.6) is 11.5 Å². The summed E-state index contributed by atoms with van der Waals surface area (Å²) in [4.78, 5) is 2.56. The van der Waals surface area contributed by atoms with E-state index in [9.17, 15) is 0 Å². The molecule has 0 saturated carbocycles.